The molecule has 0 saturated carbocycles. The Morgan fingerprint density at radius 3 is 2.64 bits per heavy atom. The molecule has 134 valence electrons. The molecule has 2 aromatic rings. The highest BCUT2D eigenvalue weighted by Crippen LogP contribution is 2.39. The molecule has 7 heteroatoms. The van der Waals surface area contributed by atoms with Crippen LogP contribution in [0.2, 0.25) is 0 Å². The Balaban J connectivity index is 1.39. The molecule has 0 bridgehead atoms. The van der Waals surface area contributed by atoms with Gasteiger partial charge in [0.2, 0.25) is 5.91 Å². The lowest BCUT2D eigenvalue weighted by Crippen LogP contribution is -2.54. The number of piperidine rings is 2. The van der Waals surface area contributed by atoms with Gasteiger partial charge in [-0.05, 0) is 25.8 Å². The van der Waals surface area contributed by atoms with Crippen molar-refractivity contribution in [3.8, 4) is 0 Å². The molecule has 1 spiro atoms. The summed E-state index contributed by atoms with van der Waals surface area (Å²) < 4.78 is 0. The first kappa shape index (κ1) is 16.3. The number of carbonyl (C=O) groups excluding carboxylic acids is 1. The van der Waals surface area contributed by atoms with E-state index in [1.807, 2.05) is 12.4 Å². The SMILES string of the molecule is O=C1CCC2(CCCN(Cc3cnc[nH]3)C2)CN1CCc1cnc[nH]1. The van der Waals surface area contributed by atoms with Crippen LogP contribution in [0.25, 0.3) is 0 Å². The van der Waals surface area contributed by atoms with Crippen molar-refractivity contribution in [1.29, 1.82) is 0 Å². The summed E-state index contributed by atoms with van der Waals surface area (Å²) in [6.45, 7) is 4.79. The van der Waals surface area contributed by atoms with Crippen molar-refractivity contribution < 1.29 is 4.79 Å². The number of aromatic nitrogens is 4. The largest absolute Gasteiger partial charge is 0.348 e. The summed E-state index contributed by atoms with van der Waals surface area (Å²) in [4.78, 5) is 31.5. The number of imidazole rings is 2. The lowest BCUT2D eigenvalue weighted by molar-refractivity contribution is -0.139. The molecule has 7 nitrogen and oxygen atoms in total. The van der Waals surface area contributed by atoms with Crippen LogP contribution >= 0.6 is 0 Å². The maximum absolute atomic E-state index is 12.4. The highest BCUT2D eigenvalue weighted by atomic mass is 16.2. The predicted octanol–water partition coefficient (Wildman–Crippen LogP) is 1.58. The summed E-state index contributed by atoms with van der Waals surface area (Å²) in [5.41, 5.74) is 2.51. The molecular formula is C18H26N6O. The minimum atomic E-state index is 0.250. The van der Waals surface area contributed by atoms with Crippen molar-refractivity contribution in [2.24, 2.45) is 5.41 Å². The van der Waals surface area contributed by atoms with E-state index < -0.39 is 0 Å². The number of carbonyl (C=O) groups is 1. The van der Waals surface area contributed by atoms with Crippen LogP contribution in [0, 0.1) is 5.41 Å². The van der Waals surface area contributed by atoms with Gasteiger partial charge in [-0.3, -0.25) is 9.69 Å². The van der Waals surface area contributed by atoms with Gasteiger partial charge in [-0.25, -0.2) is 9.97 Å². The summed E-state index contributed by atoms with van der Waals surface area (Å²) in [6, 6.07) is 0. The van der Waals surface area contributed by atoms with Gasteiger partial charge in [0, 0.05) is 68.2 Å². The third-order valence-corrected chi connectivity index (χ3v) is 5.64. The zero-order valence-electron chi connectivity index (χ0n) is 14.6. The smallest absolute Gasteiger partial charge is 0.222 e. The number of hydrogen-bond donors (Lipinski definition) is 2. The maximum Gasteiger partial charge on any atom is 0.222 e. The molecule has 2 aliphatic heterocycles. The van der Waals surface area contributed by atoms with Crippen LogP contribution < -0.4 is 0 Å². The van der Waals surface area contributed by atoms with Gasteiger partial charge >= 0.3 is 0 Å². The Hall–Kier alpha value is -2.15. The number of amides is 1. The molecule has 2 saturated heterocycles. The lowest BCUT2D eigenvalue weighted by Gasteiger charge is -2.48. The van der Waals surface area contributed by atoms with Crippen molar-refractivity contribution in [2.45, 2.75) is 38.6 Å². The molecule has 4 rings (SSSR count). The van der Waals surface area contributed by atoms with Crippen LogP contribution in [0.5, 0.6) is 0 Å². The first-order chi connectivity index (χ1) is 12.2. The van der Waals surface area contributed by atoms with Crippen LogP contribution in [0.1, 0.15) is 37.1 Å². The first-order valence-electron chi connectivity index (χ1n) is 9.17. The Labute approximate surface area is 147 Å². The quantitative estimate of drug-likeness (QED) is 0.864. The zero-order valence-corrected chi connectivity index (χ0v) is 14.6. The summed E-state index contributed by atoms with van der Waals surface area (Å²) in [7, 11) is 0. The number of nitrogens with zero attached hydrogens (tertiary/aromatic N) is 4. The summed E-state index contributed by atoms with van der Waals surface area (Å²) in [5, 5.41) is 0. The third-order valence-electron chi connectivity index (χ3n) is 5.64. The minimum absolute atomic E-state index is 0.250. The van der Waals surface area contributed by atoms with Crippen molar-refractivity contribution >= 4 is 5.91 Å². The molecule has 0 radical (unpaired) electrons. The van der Waals surface area contributed by atoms with E-state index in [1.54, 1.807) is 12.7 Å². The Morgan fingerprint density at radius 1 is 1.08 bits per heavy atom. The van der Waals surface area contributed by atoms with Crippen molar-refractivity contribution in [1.82, 2.24) is 29.7 Å². The first-order valence-corrected chi connectivity index (χ1v) is 9.17. The average molecular weight is 342 g/mol. The third kappa shape index (κ3) is 3.76. The van der Waals surface area contributed by atoms with Gasteiger partial charge in [-0.2, -0.15) is 0 Å². The number of aromatic amines is 2. The number of nitrogens with one attached hydrogen (secondary N) is 2. The van der Waals surface area contributed by atoms with E-state index in [9.17, 15) is 4.79 Å². The van der Waals surface area contributed by atoms with E-state index in [1.165, 1.54) is 18.5 Å². The molecule has 2 N–H and O–H groups in total. The van der Waals surface area contributed by atoms with Gasteiger partial charge < -0.3 is 14.9 Å². The molecule has 1 unspecified atom stereocenters. The van der Waals surface area contributed by atoms with E-state index in [4.69, 9.17) is 0 Å². The second kappa shape index (κ2) is 7.00. The van der Waals surface area contributed by atoms with Gasteiger partial charge in [0.05, 0.1) is 12.7 Å². The molecule has 1 amide bonds. The minimum Gasteiger partial charge on any atom is -0.348 e. The van der Waals surface area contributed by atoms with Crippen molar-refractivity contribution in [2.75, 3.05) is 26.2 Å². The van der Waals surface area contributed by atoms with Crippen molar-refractivity contribution in [3.63, 3.8) is 0 Å². The van der Waals surface area contributed by atoms with Gasteiger partial charge in [0.1, 0.15) is 0 Å². The Morgan fingerprint density at radius 2 is 1.88 bits per heavy atom. The topological polar surface area (TPSA) is 80.9 Å². The standard InChI is InChI=1S/C18H26N6O/c25-17-2-5-18(12-24(17)7-3-15-8-19-13-21-15)4-1-6-23(11-18)10-16-9-20-14-22-16/h8-9,13-14H,1-7,10-12H2,(H,19,21)(H,20,22). The second-order valence-electron chi connectivity index (χ2n) is 7.53. The number of likely N-dealkylation sites (tertiary alicyclic amines) is 2. The normalized spacial score (nSPS) is 25.0. The Bertz CT molecular complexity index is 683. The predicted molar refractivity (Wildman–Crippen MR) is 93.6 cm³/mol. The van der Waals surface area contributed by atoms with E-state index >= 15 is 0 Å². The number of H-pyrrole nitrogens is 2. The molecule has 1 atom stereocenters. The van der Waals surface area contributed by atoms with E-state index in [-0.39, 0.29) is 5.41 Å². The van der Waals surface area contributed by atoms with Crippen LogP contribution in [-0.4, -0.2) is 61.8 Å². The molecule has 2 fully saturated rings. The number of rotatable bonds is 5. The van der Waals surface area contributed by atoms with Crippen molar-refractivity contribution in [3.05, 3.63) is 36.4 Å². The summed E-state index contributed by atoms with van der Waals surface area (Å²) >= 11 is 0. The fraction of sp³-hybridized carbons (Fsp3) is 0.611. The summed E-state index contributed by atoms with van der Waals surface area (Å²) in [5.74, 6) is 0.302. The monoisotopic (exact) mass is 342 g/mol. The van der Waals surface area contributed by atoms with Crippen LogP contribution in [-0.2, 0) is 17.8 Å². The lowest BCUT2D eigenvalue weighted by atomic mass is 9.73. The van der Waals surface area contributed by atoms with Crippen LogP contribution in [0.15, 0.2) is 25.0 Å². The summed E-state index contributed by atoms with van der Waals surface area (Å²) in [6.07, 6.45) is 12.2. The van der Waals surface area contributed by atoms with E-state index in [0.29, 0.717) is 12.3 Å². The molecule has 4 heterocycles. The average Bonchev–Trinajstić information content (AvgIpc) is 3.30. The molecule has 2 aromatic heterocycles. The Kier molecular flexibility index (Phi) is 4.57. The molecule has 25 heavy (non-hydrogen) atoms. The van der Waals surface area contributed by atoms with E-state index in [0.717, 1.165) is 51.3 Å². The molecular weight excluding hydrogens is 316 g/mol. The molecule has 2 aliphatic rings. The van der Waals surface area contributed by atoms with E-state index in [2.05, 4.69) is 29.7 Å². The van der Waals surface area contributed by atoms with Gasteiger partial charge in [0.25, 0.3) is 0 Å². The zero-order chi connectivity index (χ0) is 17.1. The molecule has 0 aliphatic carbocycles. The molecule has 0 aromatic carbocycles. The van der Waals surface area contributed by atoms with Crippen LogP contribution in [0.4, 0.5) is 0 Å². The number of hydrogen-bond acceptors (Lipinski definition) is 4. The fourth-order valence-electron chi connectivity index (χ4n) is 4.37. The maximum atomic E-state index is 12.4. The van der Waals surface area contributed by atoms with Gasteiger partial charge in [-0.1, -0.05) is 0 Å². The highest BCUT2D eigenvalue weighted by Gasteiger charge is 2.41. The van der Waals surface area contributed by atoms with Gasteiger partial charge in [-0.15, -0.1) is 0 Å². The second-order valence-corrected chi connectivity index (χ2v) is 7.53. The van der Waals surface area contributed by atoms with Gasteiger partial charge in [0.15, 0.2) is 0 Å². The van der Waals surface area contributed by atoms with Crippen LogP contribution in [0.3, 0.4) is 0 Å². The highest BCUT2D eigenvalue weighted by molar-refractivity contribution is 5.77. The fourth-order valence-corrected chi connectivity index (χ4v) is 4.37.